The topological polar surface area (TPSA) is 81.4 Å². The summed E-state index contributed by atoms with van der Waals surface area (Å²) < 4.78 is 31.2. The fourth-order valence-electron chi connectivity index (χ4n) is 2.00. The predicted molar refractivity (Wildman–Crippen MR) is 68.7 cm³/mol. The zero-order chi connectivity index (χ0) is 11.6. The van der Waals surface area contributed by atoms with Crippen LogP contribution in [0.25, 0.3) is 0 Å². The Morgan fingerprint density at radius 3 is 2.59 bits per heavy atom. The number of rotatable bonds is 6. The average Bonchev–Trinajstić information content (AvgIpc) is 2.96. The normalized spacial score (nSPS) is 26.5. The Morgan fingerprint density at radius 1 is 1.35 bits per heavy atom. The van der Waals surface area contributed by atoms with E-state index < -0.39 is 10.0 Å². The molecule has 1 saturated carbocycles. The zero-order valence-electron chi connectivity index (χ0n) is 9.80. The van der Waals surface area contributed by atoms with Gasteiger partial charge in [-0.1, -0.05) is 0 Å². The first kappa shape index (κ1) is 15.2. The van der Waals surface area contributed by atoms with Crippen molar-refractivity contribution in [3.8, 4) is 0 Å². The van der Waals surface area contributed by atoms with Gasteiger partial charge in [-0.2, -0.15) is 0 Å². The Morgan fingerprint density at radius 2 is 2.06 bits per heavy atom. The molecule has 2 fully saturated rings. The molecule has 0 aromatic heterocycles. The summed E-state index contributed by atoms with van der Waals surface area (Å²) in [7, 11) is -3.18. The highest BCUT2D eigenvalue weighted by Crippen LogP contribution is 2.31. The number of ether oxygens (including phenoxy) is 1. The quantitative estimate of drug-likeness (QED) is 0.725. The lowest BCUT2D eigenvalue weighted by Crippen LogP contribution is -2.40. The molecule has 1 aliphatic carbocycles. The van der Waals surface area contributed by atoms with Crippen LogP contribution in [-0.4, -0.2) is 40.0 Å². The number of halogens is 1. The van der Waals surface area contributed by atoms with Crippen LogP contribution in [0, 0.1) is 11.8 Å². The first-order valence-corrected chi connectivity index (χ1v) is 7.53. The summed E-state index contributed by atoms with van der Waals surface area (Å²) >= 11 is 0. The van der Waals surface area contributed by atoms with Crippen molar-refractivity contribution < 1.29 is 13.2 Å². The van der Waals surface area contributed by atoms with Crippen LogP contribution in [0.3, 0.4) is 0 Å². The fraction of sp³-hybridized carbons (Fsp3) is 1.00. The van der Waals surface area contributed by atoms with Gasteiger partial charge in [0.05, 0.1) is 12.4 Å². The molecular weight excluding hydrogens is 264 g/mol. The van der Waals surface area contributed by atoms with Gasteiger partial charge in [0.2, 0.25) is 10.0 Å². The molecule has 0 aromatic rings. The molecule has 102 valence electrons. The van der Waals surface area contributed by atoms with Crippen LogP contribution in [0.15, 0.2) is 0 Å². The Labute approximate surface area is 109 Å². The van der Waals surface area contributed by atoms with Crippen LogP contribution in [0.4, 0.5) is 0 Å². The molecule has 1 heterocycles. The van der Waals surface area contributed by atoms with Gasteiger partial charge in [0.1, 0.15) is 0 Å². The summed E-state index contributed by atoms with van der Waals surface area (Å²) in [6, 6.07) is -0.0189. The molecule has 1 saturated heterocycles. The molecule has 2 atom stereocenters. The van der Waals surface area contributed by atoms with Crippen LogP contribution in [0.5, 0.6) is 0 Å². The molecule has 0 amide bonds. The number of nitrogens with two attached hydrogens (primary N) is 1. The minimum absolute atomic E-state index is 0. The lowest BCUT2D eigenvalue weighted by molar-refractivity contribution is 0.188. The summed E-state index contributed by atoms with van der Waals surface area (Å²) in [5.41, 5.74) is 5.84. The van der Waals surface area contributed by atoms with Crippen LogP contribution in [-0.2, 0) is 14.8 Å². The third-order valence-corrected chi connectivity index (χ3v) is 4.76. The van der Waals surface area contributed by atoms with Gasteiger partial charge in [0.25, 0.3) is 0 Å². The van der Waals surface area contributed by atoms with E-state index in [4.69, 9.17) is 10.5 Å². The van der Waals surface area contributed by atoms with Crippen molar-refractivity contribution >= 4 is 22.4 Å². The predicted octanol–water partition coefficient (Wildman–Crippen LogP) is 0.101. The van der Waals surface area contributed by atoms with E-state index in [1.807, 2.05) is 0 Å². The molecule has 0 bridgehead atoms. The van der Waals surface area contributed by atoms with Crippen molar-refractivity contribution in [2.75, 3.05) is 25.5 Å². The molecule has 0 radical (unpaired) electrons. The van der Waals surface area contributed by atoms with Gasteiger partial charge in [0.15, 0.2) is 0 Å². The summed E-state index contributed by atoms with van der Waals surface area (Å²) in [6.45, 7) is 1.62. The highest BCUT2D eigenvalue weighted by molar-refractivity contribution is 7.89. The Bertz CT molecular complexity index is 326. The molecule has 2 aliphatic rings. The Kier molecular flexibility index (Phi) is 5.66. The molecule has 2 unspecified atom stereocenters. The minimum Gasteiger partial charge on any atom is -0.381 e. The first-order valence-electron chi connectivity index (χ1n) is 5.87. The molecule has 3 N–H and O–H groups in total. The smallest absolute Gasteiger partial charge is 0.212 e. The van der Waals surface area contributed by atoms with Crippen molar-refractivity contribution in [2.24, 2.45) is 17.6 Å². The van der Waals surface area contributed by atoms with Gasteiger partial charge >= 0.3 is 0 Å². The Hall–Kier alpha value is 0.120. The average molecular weight is 285 g/mol. The number of sulfonamides is 1. The minimum atomic E-state index is -3.18. The van der Waals surface area contributed by atoms with Gasteiger partial charge in [-0.05, 0) is 31.1 Å². The maximum absolute atomic E-state index is 11.7. The van der Waals surface area contributed by atoms with Crippen LogP contribution in [0.1, 0.15) is 19.3 Å². The maximum atomic E-state index is 11.7. The lowest BCUT2D eigenvalue weighted by Gasteiger charge is -2.13. The first-order chi connectivity index (χ1) is 7.57. The summed E-state index contributed by atoms with van der Waals surface area (Å²) in [4.78, 5) is 0. The molecule has 5 nitrogen and oxygen atoms in total. The molecular formula is C10H21ClN2O3S. The fourth-order valence-corrected chi connectivity index (χ4v) is 3.45. The van der Waals surface area contributed by atoms with Gasteiger partial charge in [-0.3, -0.25) is 0 Å². The third kappa shape index (κ3) is 5.09. The van der Waals surface area contributed by atoms with E-state index in [-0.39, 0.29) is 30.1 Å². The molecule has 7 heteroatoms. The lowest BCUT2D eigenvalue weighted by atomic mass is 10.2. The molecule has 2 rings (SSSR count). The van der Waals surface area contributed by atoms with Crippen LogP contribution in [0.2, 0.25) is 0 Å². The van der Waals surface area contributed by atoms with E-state index in [2.05, 4.69) is 4.72 Å². The molecule has 1 aliphatic heterocycles. The summed E-state index contributed by atoms with van der Waals surface area (Å²) in [6.07, 6.45) is 3.12. The number of hydrogen-bond donors (Lipinski definition) is 2. The molecule has 0 spiro atoms. The van der Waals surface area contributed by atoms with Crippen molar-refractivity contribution in [1.82, 2.24) is 4.72 Å². The van der Waals surface area contributed by atoms with E-state index in [0.717, 1.165) is 19.3 Å². The second kappa shape index (κ2) is 6.33. The van der Waals surface area contributed by atoms with Gasteiger partial charge in [-0.25, -0.2) is 13.1 Å². The second-order valence-corrected chi connectivity index (χ2v) is 6.71. The number of nitrogens with one attached hydrogen (secondary N) is 1. The van der Waals surface area contributed by atoms with Crippen molar-refractivity contribution in [3.63, 3.8) is 0 Å². The highest BCUT2D eigenvalue weighted by Gasteiger charge is 2.30. The summed E-state index contributed by atoms with van der Waals surface area (Å²) in [5, 5.41) is 0. The maximum Gasteiger partial charge on any atom is 0.212 e. The van der Waals surface area contributed by atoms with Gasteiger partial charge in [0, 0.05) is 19.2 Å². The third-order valence-electron chi connectivity index (χ3n) is 3.25. The summed E-state index contributed by atoms with van der Waals surface area (Å²) in [5.74, 6) is 0.844. The monoisotopic (exact) mass is 284 g/mol. The van der Waals surface area contributed by atoms with Crippen molar-refractivity contribution in [2.45, 2.75) is 25.3 Å². The largest absolute Gasteiger partial charge is 0.381 e. The van der Waals surface area contributed by atoms with Gasteiger partial charge < -0.3 is 10.5 Å². The van der Waals surface area contributed by atoms with Crippen LogP contribution >= 0.6 is 12.4 Å². The van der Waals surface area contributed by atoms with Crippen molar-refractivity contribution in [1.29, 1.82) is 0 Å². The van der Waals surface area contributed by atoms with E-state index in [1.165, 1.54) is 0 Å². The van der Waals surface area contributed by atoms with E-state index >= 15 is 0 Å². The van der Waals surface area contributed by atoms with E-state index in [0.29, 0.717) is 25.7 Å². The standard InChI is InChI=1S/C10H20N2O3S.ClH/c11-10(9-1-2-9)5-12-16(13,14)7-8-3-4-15-6-8;/h8-10,12H,1-7,11H2;1H. The van der Waals surface area contributed by atoms with Crippen LogP contribution < -0.4 is 10.5 Å². The highest BCUT2D eigenvalue weighted by atomic mass is 35.5. The molecule has 17 heavy (non-hydrogen) atoms. The van der Waals surface area contributed by atoms with E-state index in [1.54, 1.807) is 0 Å². The van der Waals surface area contributed by atoms with Crippen molar-refractivity contribution in [3.05, 3.63) is 0 Å². The van der Waals surface area contributed by atoms with Gasteiger partial charge in [-0.15, -0.1) is 12.4 Å². The zero-order valence-corrected chi connectivity index (χ0v) is 11.4. The second-order valence-electron chi connectivity index (χ2n) is 4.86. The Balaban J connectivity index is 0.00000144. The van der Waals surface area contributed by atoms with E-state index in [9.17, 15) is 8.42 Å². The number of hydrogen-bond acceptors (Lipinski definition) is 4. The SMILES string of the molecule is Cl.NC(CNS(=O)(=O)CC1CCOC1)C1CC1. The molecule has 0 aromatic carbocycles.